The molecule has 0 aromatic carbocycles. The Balaban J connectivity index is 2.42. The van der Waals surface area contributed by atoms with Gasteiger partial charge in [0.1, 0.15) is 15.2 Å². The smallest absolute Gasteiger partial charge is 0.147 e. The van der Waals surface area contributed by atoms with Crippen LogP contribution in [0.1, 0.15) is 21.7 Å². The first-order chi connectivity index (χ1) is 7.00. The quantitative estimate of drug-likeness (QED) is 0.920. The Labute approximate surface area is 105 Å². The highest BCUT2D eigenvalue weighted by Gasteiger charge is 2.30. The second-order valence-electron chi connectivity index (χ2n) is 3.46. The van der Waals surface area contributed by atoms with Crippen LogP contribution in [0.2, 0.25) is 0 Å². The lowest BCUT2D eigenvalue weighted by atomic mass is 10.1. The normalized spacial score (nSPS) is 15.2. The predicted molar refractivity (Wildman–Crippen MR) is 67.5 cm³/mol. The van der Waals surface area contributed by atoms with Crippen molar-refractivity contribution in [3.63, 3.8) is 0 Å². The summed E-state index contributed by atoms with van der Waals surface area (Å²) in [6.07, 6.45) is 0. The van der Waals surface area contributed by atoms with Crippen LogP contribution in [0.25, 0.3) is 0 Å². The highest BCUT2D eigenvalue weighted by Crippen LogP contribution is 2.36. The number of halogens is 1. The SMILES string of the molecule is Cc1ccc(C(C)(O)c2nc(Br)cs2)s1. The second-order valence-corrected chi connectivity index (χ2v) is 6.42. The number of thiophene rings is 1. The minimum absolute atomic E-state index is 0.719. The summed E-state index contributed by atoms with van der Waals surface area (Å²) < 4.78 is 0.774. The fourth-order valence-corrected chi connectivity index (χ4v) is 3.59. The third-order valence-corrected chi connectivity index (χ3v) is 5.09. The topological polar surface area (TPSA) is 33.1 Å². The van der Waals surface area contributed by atoms with Gasteiger partial charge >= 0.3 is 0 Å². The van der Waals surface area contributed by atoms with Crippen LogP contribution >= 0.6 is 38.6 Å². The Kier molecular flexibility index (Phi) is 2.98. The number of rotatable bonds is 2. The number of nitrogens with zero attached hydrogens (tertiary/aromatic N) is 1. The van der Waals surface area contributed by atoms with Crippen LogP contribution in [0.5, 0.6) is 0 Å². The lowest BCUT2D eigenvalue weighted by Gasteiger charge is -2.18. The summed E-state index contributed by atoms with van der Waals surface area (Å²) in [6, 6.07) is 3.96. The van der Waals surface area contributed by atoms with Gasteiger partial charge in [-0.1, -0.05) is 0 Å². The van der Waals surface area contributed by atoms with E-state index in [0.717, 1.165) is 14.5 Å². The van der Waals surface area contributed by atoms with Crippen molar-refractivity contribution < 1.29 is 5.11 Å². The molecule has 2 nitrogen and oxygen atoms in total. The van der Waals surface area contributed by atoms with Crippen molar-refractivity contribution in [3.05, 3.63) is 36.9 Å². The first-order valence-electron chi connectivity index (χ1n) is 4.41. The summed E-state index contributed by atoms with van der Waals surface area (Å²) in [4.78, 5) is 6.39. The minimum Gasteiger partial charge on any atom is -0.377 e. The highest BCUT2D eigenvalue weighted by molar-refractivity contribution is 9.10. The van der Waals surface area contributed by atoms with Crippen LogP contribution in [0.4, 0.5) is 0 Å². The zero-order chi connectivity index (χ0) is 11.1. The monoisotopic (exact) mass is 303 g/mol. The molecule has 1 atom stereocenters. The van der Waals surface area contributed by atoms with E-state index in [1.807, 2.05) is 24.4 Å². The maximum absolute atomic E-state index is 10.4. The largest absolute Gasteiger partial charge is 0.377 e. The van der Waals surface area contributed by atoms with Gasteiger partial charge in [-0.2, -0.15) is 0 Å². The summed E-state index contributed by atoms with van der Waals surface area (Å²) in [6.45, 7) is 3.81. The molecule has 1 unspecified atom stereocenters. The lowest BCUT2D eigenvalue weighted by molar-refractivity contribution is 0.106. The third-order valence-electron chi connectivity index (χ3n) is 2.11. The van der Waals surface area contributed by atoms with E-state index in [2.05, 4.69) is 20.9 Å². The van der Waals surface area contributed by atoms with E-state index in [1.54, 1.807) is 18.3 Å². The zero-order valence-electron chi connectivity index (χ0n) is 8.32. The van der Waals surface area contributed by atoms with Crippen LogP contribution in [0, 0.1) is 6.92 Å². The molecule has 0 aliphatic carbocycles. The summed E-state index contributed by atoms with van der Waals surface area (Å²) in [5.74, 6) is 0. The van der Waals surface area contributed by atoms with E-state index in [9.17, 15) is 5.11 Å². The van der Waals surface area contributed by atoms with E-state index >= 15 is 0 Å². The molecule has 80 valence electrons. The predicted octanol–water partition coefficient (Wildman–Crippen LogP) is 3.53. The van der Waals surface area contributed by atoms with E-state index in [1.165, 1.54) is 16.2 Å². The van der Waals surface area contributed by atoms with Crippen molar-refractivity contribution in [1.82, 2.24) is 4.98 Å². The van der Waals surface area contributed by atoms with Crippen molar-refractivity contribution in [2.24, 2.45) is 0 Å². The van der Waals surface area contributed by atoms with Gasteiger partial charge in [-0.05, 0) is 41.9 Å². The van der Waals surface area contributed by atoms with Crippen LogP contribution < -0.4 is 0 Å². The van der Waals surface area contributed by atoms with Crippen LogP contribution in [-0.4, -0.2) is 10.1 Å². The molecule has 0 radical (unpaired) electrons. The summed E-state index contributed by atoms with van der Waals surface area (Å²) in [5, 5.41) is 13.0. The number of aryl methyl sites for hydroxylation is 1. The number of aliphatic hydroxyl groups is 1. The molecular formula is C10H10BrNOS2. The molecule has 2 rings (SSSR count). The van der Waals surface area contributed by atoms with E-state index in [0.29, 0.717) is 0 Å². The molecule has 0 aliphatic heterocycles. The molecule has 1 N–H and O–H groups in total. The van der Waals surface area contributed by atoms with Gasteiger partial charge in [-0.15, -0.1) is 22.7 Å². The van der Waals surface area contributed by atoms with Crippen molar-refractivity contribution >= 4 is 38.6 Å². The van der Waals surface area contributed by atoms with Gasteiger partial charge in [0.2, 0.25) is 0 Å². The Morgan fingerprint density at radius 3 is 2.67 bits per heavy atom. The molecule has 0 bridgehead atoms. The van der Waals surface area contributed by atoms with Crippen LogP contribution in [-0.2, 0) is 5.60 Å². The standard InChI is InChI=1S/C10H10BrNOS2/c1-6-3-4-7(15-6)10(2,13)9-12-8(11)5-14-9/h3-5,13H,1-2H3. The highest BCUT2D eigenvalue weighted by atomic mass is 79.9. The summed E-state index contributed by atoms with van der Waals surface area (Å²) in [5.41, 5.74) is -0.977. The van der Waals surface area contributed by atoms with Crippen LogP contribution in [0.3, 0.4) is 0 Å². The fourth-order valence-electron chi connectivity index (χ4n) is 1.28. The summed E-state index contributed by atoms with van der Waals surface area (Å²) in [7, 11) is 0. The van der Waals surface area contributed by atoms with Crippen molar-refractivity contribution in [2.45, 2.75) is 19.4 Å². The Morgan fingerprint density at radius 1 is 1.47 bits per heavy atom. The van der Waals surface area contributed by atoms with E-state index in [-0.39, 0.29) is 0 Å². The molecule has 15 heavy (non-hydrogen) atoms. The number of hydrogen-bond donors (Lipinski definition) is 1. The number of thiazole rings is 1. The van der Waals surface area contributed by atoms with Crippen molar-refractivity contribution in [3.8, 4) is 0 Å². The van der Waals surface area contributed by atoms with Crippen molar-refractivity contribution in [2.75, 3.05) is 0 Å². The number of aromatic nitrogens is 1. The maximum Gasteiger partial charge on any atom is 0.147 e. The summed E-state index contributed by atoms with van der Waals surface area (Å²) >= 11 is 6.35. The van der Waals surface area contributed by atoms with Gasteiger partial charge in [0.25, 0.3) is 0 Å². The first kappa shape index (κ1) is 11.3. The maximum atomic E-state index is 10.4. The van der Waals surface area contributed by atoms with E-state index in [4.69, 9.17) is 0 Å². The first-order valence-corrected chi connectivity index (χ1v) is 6.90. The Bertz CT molecular complexity index is 433. The second kappa shape index (κ2) is 3.97. The molecule has 0 aliphatic rings. The van der Waals surface area contributed by atoms with Crippen molar-refractivity contribution in [1.29, 1.82) is 0 Å². The van der Waals surface area contributed by atoms with E-state index < -0.39 is 5.60 Å². The molecule has 2 heterocycles. The van der Waals surface area contributed by atoms with Gasteiger partial charge in [-0.25, -0.2) is 4.98 Å². The average Bonchev–Trinajstić information content (AvgIpc) is 2.74. The van der Waals surface area contributed by atoms with Gasteiger partial charge in [0, 0.05) is 15.1 Å². The Hall–Kier alpha value is -0.230. The minimum atomic E-state index is -0.977. The molecule has 0 amide bonds. The van der Waals surface area contributed by atoms with Gasteiger partial charge in [-0.3, -0.25) is 0 Å². The molecule has 0 spiro atoms. The zero-order valence-corrected chi connectivity index (χ0v) is 11.5. The molecule has 0 saturated heterocycles. The van der Waals surface area contributed by atoms with Crippen LogP contribution in [0.15, 0.2) is 22.1 Å². The fraction of sp³-hybridized carbons (Fsp3) is 0.300. The average molecular weight is 304 g/mol. The van der Waals surface area contributed by atoms with Gasteiger partial charge in [0.05, 0.1) is 0 Å². The van der Waals surface area contributed by atoms with Gasteiger partial charge in [0.15, 0.2) is 0 Å². The number of hydrogen-bond acceptors (Lipinski definition) is 4. The molecule has 2 aromatic heterocycles. The van der Waals surface area contributed by atoms with Gasteiger partial charge < -0.3 is 5.11 Å². The molecule has 5 heteroatoms. The lowest BCUT2D eigenvalue weighted by Crippen LogP contribution is -2.20. The molecule has 0 fully saturated rings. The third kappa shape index (κ3) is 2.15. The Morgan fingerprint density at radius 2 is 2.20 bits per heavy atom. The molecule has 0 saturated carbocycles. The molecule has 2 aromatic rings. The molecular weight excluding hydrogens is 294 g/mol.